The number of primary amides is 1. The number of hydrogen-bond acceptors (Lipinski definition) is 6. The Bertz CT molecular complexity index is 1040. The highest BCUT2D eigenvalue weighted by Crippen LogP contribution is 2.23. The van der Waals surface area contributed by atoms with Gasteiger partial charge in [0.2, 0.25) is 5.91 Å². The number of amides is 1. The summed E-state index contributed by atoms with van der Waals surface area (Å²) in [5.74, 6) is 0.985. The van der Waals surface area contributed by atoms with Crippen molar-refractivity contribution >= 4 is 5.91 Å². The van der Waals surface area contributed by atoms with Gasteiger partial charge in [-0.2, -0.15) is 0 Å². The summed E-state index contributed by atoms with van der Waals surface area (Å²) < 4.78 is 11.5. The fourth-order valence-electron chi connectivity index (χ4n) is 3.32. The molecule has 0 saturated heterocycles. The molecule has 7 nitrogen and oxygen atoms in total. The first-order valence-corrected chi connectivity index (χ1v) is 10.9. The smallest absolute Gasteiger partial charge is 0.249 e. The Balaban J connectivity index is 1.32. The van der Waals surface area contributed by atoms with Crippen LogP contribution in [0.2, 0.25) is 0 Å². The average Bonchev–Trinajstić information content (AvgIpc) is 2.84. The minimum absolute atomic E-state index is 0.0690. The van der Waals surface area contributed by atoms with Gasteiger partial charge in [0.15, 0.2) is 0 Å². The van der Waals surface area contributed by atoms with Crippen molar-refractivity contribution in [2.45, 2.75) is 26.1 Å². The van der Waals surface area contributed by atoms with E-state index in [0.29, 0.717) is 23.5 Å². The Morgan fingerprint density at radius 2 is 1.67 bits per heavy atom. The Hall–Kier alpha value is -3.55. The zero-order valence-corrected chi connectivity index (χ0v) is 18.5. The molecule has 0 fully saturated rings. The third-order valence-corrected chi connectivity index (χ3v) is 5.18. The fourth-order valence-corrected chi connectivity index (χ4v) is 3.32. The largest absolute Gasteiger partial charge is 0.508 e. The van der Waals surface area contributed by atoms with Crippen molar-refractivity contribution < 1.29 is 24.5 Å². The molecule has 3 rings (SSSR count). The van der Waals surface area contributed by atoms with Crippen LogP contribution in [0.4, 0.5) is 0 Å². The molecule has 0 aliphatic rings. The lowest BCUT2D eigenvalue weighted by atomic mass is 10.1. The number of aliphatic hydroxyl groups excluding tert-OH is 1. The van der Waals surface area contributed by atoms with Crippen molar-refractivity contribution in [2.75, 3.05) is 19.7 Å². The van der Waals surface area contributed by atoms with Crippen LogP contribution in [0.5, 0.6) is 17.2 Å². The van der Waals surface area contributed by atoms with Crippen molar-refractivity contribution in [3.8, 4) is 17.2 Å². The molecule has 0 bridgehead atoms. The van der Waals surface area contributed by atoms with Crippen LogP contribution in [0.15, 0.2) is 66.7 Å². The van der Waals surface area contributed by atoms with Crippen LogP contribution < -0.4 is 20.5 Å². The molecule has 0 radical (unpaired) electrons. The summed E-state index contributed by atoms with van der Waals surface area (Å²) in [6, 6.07) is 19.9. The van der Waals surface area contributed by atoms with Crippen molar-refractivity contribution in [1.29, 1.82) is 0 Å². The molecule has 0 heterocycles. The molecule has 0 aliphatic heterocycles. The van der Waals surface area contributed by atoms with Gasteiger partial charge in [-0.3, -0.25) is 4.79 Å². The number of carbonyl (C=O) groups excluding carboxylic acids is 1. The van der Waals surface area contributed by atoms with E-state index in [4.69, 9.17) is 15.2 Å². The third kappa shape index (κ3) is 7.52. The Labute approximate surface area is 193 Å². The monoisotopic (exact) mass is 450 g/mol. The number of aromatic hydroxyl groups is 1. The van der Waals surface area contributed by atoms with Gasteiger partial charge in [0.05, 0.1) is 13.2 Å². The topological polar surface area (TPSA) is 114 Å². The lowest BCUT2D eigenvalue weighted by Gasteiger charge is -2.10. The van der Waals surface area contributed by atoms with Crippen LogP contribution in [0.3, 0.4) is 0 Å². The molecule has 0 aromatic heterocycles. The fraction of sp³-hybridized carbons (Fsp3) is 0.269. The van der Waals surface area contributed by atoms with Crippen molar-refractivity contribution in [3.63, 3.8) is 0 Å². The molecule has 3 aromatic rings. The van der Waals surface area contributed by atoms with Crippen LogP contribution in [0, 0.1) is 0 Å². The first kappa shape index (κ1) is 24.1. The number of hydrogen-bond donors (Lipinski definition) is 4. The molecule has 174 valence electrons. The maximum absolute atomic E-state index is 11.5. The molecule has 0 unspecified atom stereocenters. The van der Waals surface area contributed by atoms with E-state index in [1.807, 2.05) is 36.4 Å². The van der Waals surface area contributed by atoms with Gasteiger partial charge in [-0.1, -0.05) is 30.3 Å². The molecule has 3 aromatic carbocycles. The Morgan fingerprint density at radius 3 is 2.42 bits per heavy atom. The van der Waals surface area contributed by atoms with Gasteiger partial charge in [0, 0.05) is 16.7 Å². The number of nitrogens with two attached hydrogens (primary N) is 1. The number of aliphatic hydroxyl groups is 1. The van der Waals surface area contributed by atoms with Crippen LogP contribution in [-0.2, 0) is 19.6 Å². The minimum Gasteiger partial charge on any atom is -0.508 e. The van der Waals surface area contributed by atoms with E-state index in [9.17, 15) is 15.0 Å². The van der Waals surface area contributed by atoms with Crippen LogP contribution in [0.25, 0.3) is 0 Å². The van der Waals surface area contributed by atoms with Crippen molar-refractivity contribution in [2.24, 2.45) is 5.73 Å². The lowest BCUT2D eigenvalue weighted by molar-refractivity contribution is 0.0998. The van der Waals surface area contributed by atoms with E-state index in [2.05, 4.69) is 5.32 Å². The first-order chi connectivity index (χ1) is 16.1. The van der Waals surface area contributed by atoms with Crippen molar-refractivity contribution in [1.82, 2.24) is 5.32 Å². The number of benzene rings is 3. The normalized spacial score (nSPS) is 10.7. The van der Waals surface area contributed by atoms with E-state index in [-0.39, 0.29) is 19.0 Å². The minimum atomic E-state index is -0.459. The zero-order chi connectivity index (χ0) is 23.5. The molecule has 0 spiro atoms. The summed E-state index contributed by atoms with van der Waals surface area (Å²) in [5.41, 5.74) is 8.30. The molecular formula is C26H30N2O5. The molecule has 33 heavy (non-hydrogen) atoms. The number of carbonyl (C=O) groups is 1. The van der Waals surface area contributed by atoms with Gasteiger partial charge in [-0.05, 0) is 67.9 Å². The van der Waals surface area contributed by atoms with Gasteiger partial charge >= 0.3 is 0 Å². The number of phenols is 1. The van der Waals surface area contributed by atoms with Gasteiger partial charge in [0.1, 0.15) is 23.9 Å². The van der Waals surface area contributed by atoms with E-state index in [1.165, 1.54) is 11.6 Å². The van der Waals surface area contributed by atoms with E-state index in [1.54, 1.807) is 24.3 Å². The van der Waals surface area contributed by atoms with Gasteiger partial charge < -0.3 is 30.7 Å². The molecule has 7 heteroatoms. The maximum atomic E-state index is 11.5. The standard InChI is InChI=1S/C26H30N2O5/c27-26(31)24-5-2-1-4-20(24)18-33-22-8-6-19(7-9-22)12-14-28-13-3-15-32-23-10-11-25(30)21(16-23)17-29/h1-2,4-11,16,28-30H,3,12-15,17-18H2,(H2,27,31). The predicted molar refractivity (Wildman–Crippen MR) is 126 cm³/mol. The summed E-state index contributed by atoms with van der Waals surface area (Å²) in [6.07, 6.45) is 1.73. The first-order valence-electron chi connectivity index (χ1n) is 10.9. The SMILES string of the molecule is NC(=O)c1ccccc1COc1ccc(CCNCCCOc2ccc(O)c(CO)c2)cc1. The highest BCUT2D eigenvalue weighted by molar-refractivity contribution is 5.94. The molecule has 5 N–H and O–H groups in total. The summed E-state index contributed by atoms with van der Waals surface area (Å²) in [4.78, 5) is 11.5. The predicted octanol–water partition coefficient (Wildman–Crippen LogP) is 3.16. The second kappa shape index (κ2) is 12.5. The third-order valence-electron chi connectivity index (χ3n) is 5.18. The zero-order valence-electron chi connectivity index (χ0n) is 18.5. The van der Waals surface area contributed by atoms with Crippen LogP contribution in [0.1, 0.15) is 33.5 Å². The number of nitrogens with one attached hydrogen (secondary N) is 1. The summed E-state index contributed by atoms with van der Waals surface area (Å²) >= 11 is 0. The van der Waals surface area contributed by atoms with E-state index in [0.717, 1.165) is 37.2 Å². The quantitative estimate of drug-likeness (QED) is 0.298. The van der Waals surface area contributed by atoms with E-state index < -0.39 is 5.91 Å². The van der Waals surface area contributed by atoms with Gasteiger partial charge in [0.25, 0.3) is 0 Å². The van der Waals surface area contributed by atoms with Crippen LogP contribution in [-0.4, -0.2) is 35.8 Å². The van der Waals surface area contributed by atoms with Gasteiger partial charge in [-0.15, -0.1) is 0 Å². The lowest BCUT2D eigenvalue weighted by Crippen LogP contribution is -2.20. The molecule has 0 aliphatic carbocycles. The second-order valence-corrected chi connectivity index (χ2v) is 7.60. The summed E-state index contributed by atoms with van der Waals surface area (Å²) in [7, 11) is 0. The maximum Gasteiger partial charge on any atom is 0.249 e. The average molecular weight is 451 g/mol. The van der Waals surface area contributed by atoms with E-state index >= 15 is 0 Å². The van der Waals surface area contributed by atoms with Crippen molar-refractivity contribution in [3.05, 3.63) is 89.0 Å². The molecule has 0 saturated carbocycles. The van der Waals surface area contributed by atoms with Gasteiger partial charge in [-0.25, -0.2) is 0 Å². The highest BCUT2D eigenvalue weighted by Gasteiger charge is 2.07. The molecular weight excluding hydrogens is 420 g/mol. The Morgan fingerprint density at radius 1 is 0.909 bits per heavy atom. The second-order valence-electron chi connectivity index (χ2n) is 7.60. The molecule has 1 amide bonds. The number of ether oxygens (including phenoxy) is 2. The van der Waals surface area contributed by atoms with Crippen LogP contribution >= 0.6 is 0 Å². The summed E-state index contributed by atoms with van der Waals surface area (Å²) in [5, 5.41) is 22.1. The number of rotatable bonds is 13. The summed E-state index contributed by atoms with van der Waals surface area (Å²) in [6.45, 7) is 2.29. The Kier molecular flexibility index (Phi) is 9.11. The molecule has 0 atom stereocenters. The highest BCUT2D eigenvalue weighted by atomic mass is 16.5.